The molecule has 1 atom stereocenters. The van der Waals surface area contributed by atoms with E-state index in [0.717, 1.165) is 35.5 Å². The molecule has 3 nitrogen and oxygen atoms in total. The Balaban J connectivity index is 1.04. The lowest BCUT2D eigenvalue weighted by Gasteiger charge is -2.58. The molecule has 1 unspecified atom stereocenters. The van der Waals surface area contributed by atoms with E-state index in [9.17, 15) is 0 Å². The lowest BCUT2D eigenvalue weighted by Crippen LogP contribution is -2.53. The highest BCUT2D eigenvalue weighted by Crippen LogP contribution is 2.63. The van der Waals surface area contributed by atoms with Crippen molar-refractivity contribution in [3.8, 4) is 0 Å². The summed E-state index contributed by atoms with van der Waals surface area (Å²) < 4.78 is 0. The van der Waals surface area contributed by atoms with Crippen molar-refractivity contribution in [1.82, 2.24) is 16.0 Å². The summed E-state index contributed by atoms with van der Waals surface area (Å²) in [5.41, 5.74) is 3.83. The molecule has 9 rings (SSSR count). The third-order valence-electron chi connectivity index (χ3n) is 11.3. The smallest absolute Gasteiger partial charge is 0.117 e. The molecule has 9 aliphatic rings. The van der Waals surface area contributed by atoms with Crippen molar-refractivity contribution in [2.75, 3.05) is 0 Å². The van der Waals surface area contributed by atoms with E-state index < -0.39 is 0 Å². The molecule has 0 radical (unpaired) electrons. The molecule has 0 amide bonds. The van der Waals surface area contributed by atoms with Crippen molar-refractivity contribution in [3.05, 3.63) is 47.6 Å². The Labute approximate surface area is 207 Å². The molecule has 8 saturated carbocycles. The Morgan fingerprint density at radius 2 is 1.18 bits per heavy atom. The van der Waals surface area contributed by atoms with Crippen molar-refractivity contribution in [1.29, 1.82) is 0 Å². The summed E-state index contributed by atoms with van der Waals surface area (Å²) in [6, 6.07) is 0. The van der Waals surface area contributed by atoms with Gasteiger partial charge in [-0.3, -0.25) is 0 Å². The minimum absolute atomic E-state index is 0.168. The van der Waals surface area contributed by atoms with Gasteiger partial charge in [0.25, 0.3) is 0 Å². The number of rotatable bonds is 6. The lowest BCUT2D eigenvalue weighted by atomic mass is 9.48. The maximum Gasteiger partial charge on any atom is 0.117 e. The van der Waals surface area contributed by atoms with Crippen molar-refractivity contribution in [3.63, 3.8) is 0 Å². The predicted octanol–water partition coefficient (Wildman–Crippen LogP) is 6.73. The molecule has 8 aliphatic carbocycles. The van der Waals surface area contributed by atoms with E-state index in [1.165, 1.54) is 94.3 Å². The number of dihydropyridines is 1. The Morgan fingerprint density at radius 3 is 1.62 bits per heavy atom. The fourth-order valence-electron chi connectivity index (χ4n) is 10.9. The first kappa shape index (κ1) is 21.6. The highest BCUT2D eigenvalue weighted by Gasteiger charge is 2.54. The van der Waals surface area contributed by atoms with Gasteiger partial charge in [-0.05, 0) is 139 Å². The van der Waals surface area contributed by atoms with Crippen LogP contribution in [0.3, 0.4) is 0 Å². The van der Waals surface area contributed by atoms with Gasteiger partial charge in [0.15, 0.2) is 0 Å². The van der Waals surface area contributed by atoms with Crippen molar-refractivity contribution in [2.45, 2.75) is 97.1 Å². The Kier molecular flexibility index (Phi) is 5.05. The predicted molar refractivity (Wildman–Crippen MR) is 139 cm³/mol. The maximum absolute atomic E-state index is 3.98. The summed E-state index contributed by atoms with van der Waals surface area (Å²) in [6.07, 6.45) is 29.2. The van der Waals surface area contributed by atoms with Gasteiger partial charge in [-0.25, -0.2) is 0 Å². The van der Waals surface area contributed by atoms with Crippen LogP contribution in [0.1, 0.15) is 90.9 Å². The summed E-state index contributed by atoms with van der Waals surface area (Å²) in [5, 5.41) is 11.7. The molecule has 0 spiro atoms. The minimum Gasteiger partial charge on any atom is -0.365 e. The van der Waals surface area contributed by atoms with Crippen LogP contribution in [0.2, 0.25) is 0 Å². The fraction of sp³-hybridized carbons (Fsp3) is 0.742. The fourth-order valence-corrected chi connectivity index (χ4v) is 10.9. The monoisotopic (exact) mass is 459 g/mol. The average molecular weight is 460 g/mol. The number of hydrogen-bond donors (Lipinski definition) is 3. The molecule has 8 fully saturated rings. The molecule has 34 heavy (non-hydrogen) atoms. The van der Waals surface area contributed by atoms with Gasteiger partial charge in [-0.15, -0.1) is 0 Å². The number of nitrogens with one attached hydrogen (secondary N) is 3. The van der Waals surface area contributed by atoms with E-state index in [4.69, 9.17) is 0 Å². The first-order chi connectivity index (χ1) is 16.5. The number of allylic oxidation sites excluding steroid dienone is 6. The molecule has 3 heteroatoms. The van der Waals surface area contributed by atoms with E-state index >= 15 is 0 Å². The molecule has 0 aromatic carbocycles. The van der Waals surface area contributed by atoms with Gasteiger partial charge in [-0.2, -0.15) is 0 Å². The topological polar surface area (TPSA) is 36.1 Å². The lowest BCUT2D eigenvalue weighted by molar-refractivity contribution is -0.0347. The van der Waals surface area contributed by atoms with Gasteiger partial charge in [0.2, 0.25) is 0 Å². The van der Waals surface area contributed by atoms with Crippen LogP contribution in [0.25, 0.3) is 0 Å². The van der Waals surface area contributed by atoms with Crippen LogP contribution in [0.15, 0.2) is 47.6 Å². The van der Waals surface area contributed by atoms with Crippen LogP contribution in [0.4, 0.5) is 0 Å². The second kappa shape index (κ2) is 7.93. The summed E-state index contributed by atoms with van der Waals surface area (Å²) in [4.78, 5) is 0. The molecule has 1 heterocycles. The van der Waals surface area contributed by atoms with Crippen LogP contribution in [0, 0.1) is 46.3 Å². The molecular weight excluding hydrogens is 414 g/mol. The molecule has 0 aromatic heterocycles. The van der Waals surface area contributed by atoms with E-state index in [1.807, 2.05) is 0 Å². The SMILES string of the molecule is C/C=C(\NC1=CC=CC(N/C(=C\C)C23CC4CC(CC(C4)C2)C3)N1)C12CC3CC(CC(C3)C1)C2. The van der Waals surface area contributed by atoms with Crippen LogP contribution in [-0.2, 0) is 0 Å². The molecule has 1 aliphatic heterocycles. The van der Waals surface area contributed by atoms with Crippen LogP contribution < -0.4 is 16.0 Å². The Morgan fingerprint density at radius 1 is 0.735 bits per heavy atom. The van der Waals surface area contributed by atoms with Crippen LogP contribution >= 0.6 is 0 Å². The van der Waals surface area contributed by atoms with Crippen molar-refractivity contribution >= 4 is 0 Å². The maximum atomic E-state index is 3.98. The highest BCUT2D eigenvalue weighted by molar-refractivity contribution is 5.28. The number of hydrogen-bond acceptors (Lipinski definition) is 3. The van der Waals surface area contributed by atoms with Gasteiger partial charge in [0, 0.05) is 22.2 Å². The largest absolute Gasteiger partial charge is 0.365 e. The second-order valence-electron chi connectivity index (χ2n) is 13.7. The van der Waals surface area contributed by atoms with Crippen LogP contribution in [0.5, 0.6) is 0 Å². The molecule has 8 bridgehead atoms. The average Bonchev–Trinajstić information content (AvgIpc) is 2.79. The van der Waals surface area contributed by atoms with E-state index in [-0.39, 0.29) is 6.17 Å². The minimum atomic E-state index is 0.168. The van der Waals surface area contributed by atoms with E-state index in [1.54, 1.807) is 0 Å². The van der Waals surface area contributed by atoms with Gasteiger partial charge in [-0.1, -0.05) is 18.2 Å². The quantitative estimate of drug-likeness (QED) is 0.412. The van der Waals surface area contributed by atoms with Gasteiger partial charge in [0.05, 0.1) is 0 Å². The first-order valence-electron chi connectivity index (χ1n) is 14.6. The zero-order valence-electron chi connectivity index (χ0n) is 21.4. The molecule has 0 aromatic rings. The zero-order chi connectivity index (χ0) is 22.9. The zero-order valence-corrected chi connectivity index (χ0v) is 21.4. The van der Waals surface area contributed by atoms with E-state index in [0.29, 0.717) is 10.8 Å². The molecule has 0 saturated heterocycles. The second-order valence-corrected chi connectivity index (χ2v) is 13.7. The summed E-state index contributed by atoms with van der Waals surface area (Å²) in [6.45, 7) is 4.51. The molecule has 3 N–H and O–H groups in total. The third kappa shape index (κ3) is 3.51. The molecule has 184 valence electrons. The first-order valence-corrected chi connectivity index (χ1v) is 14.6. The van der Waals surface area contributed by atoms with E-state index in [2.05, 4.69) is 60.2 Å². The summed E-state index contributed by atoms with van der Waals surface area (Å²) >= 11 is 0. The molecular formula is C31H45N3. The van der Waals surface area contributed by atoms with Gasteiger partial charge >= 0.3 is 0 Å². The standard InChI is InChI=1S/C31H45N3/c1-3-26(30-14-20-8-21(15-30)10-22(9-20)16-30)32-28-6-5-7-29(34-28)33-27(4-2)31-17-23-11-24(18-31)13-25(12-23)19-31/h3-7,20-25,28,32-34H,8-19H2,1-2H3/b26-3-,27-4-. The normalized spacial score (nSPS) is 48.6. The Bertz CT molecular complexity index is 879. The highest BCUT2D eigenvalue weighted by atomic mass is 15.2. The third-order valence-corrected chi connectivity index (χ3v) is 11.3. The van der Waals surface area contributed by atoms with Gasteiger partial charge in [0.1, 0.15) is 12.0 Å². The van der Waals surface area contributed by atoms with Gasteiger partial charge < -0.3 is 16.0 Å². The van der Waals surface area contributed by atoms with Crippen molar-refractivity contribution in [2.24, 2.45) is 46.3 Å². The summed E-state index contributed by atoms with van der Waals surface area (Å²) in [5.74, 6) is 7.03. The summed E-state index contributed by atoms with van der Waals surface area (Å²) in [7, 11) is 0. The Hall–Kier alpha value is -1.64. The van der Waals surface area contributed by atoms with Crippen LogP contribution in [-0.4, -0.2) is 6.17 Å². The van der Waals surface area contributed by atoms with Crippen molar-refractivity contribution < 1.29 is 0 Å².